The zero-order valence-corrected chi connectivity index (χ0v) is 10.3. The molecule has 3 rings (SSSR count). The molecule has 4 N–H and O–H groups in total. The predicted molar refractivity (Wildman–Crippen MR) is 66.8 cm³/mol. The van der Waals surface area contributed by atoms with Gasteiger partial charge >= 0.3 is 0 Å². The quantitative estimate of drug-likeness (QED) is 0.660. The molecule has 2 heteroatoms. The Kier molecular flexibility index (Phi) is 2.97. The van der Waals surface area contributed by atoms with Crippen molar-refractivity contribution in [2.45, 2.75) is 63.5 Å². The SMILES string of the molecule is NC1CCC2CC3CC(N)CCC3CC2C1. The van der Waals surface area contributed by atoms with Gasteiger partial charge in [-0.05, 0) is 75.0 Å². The van der Waals surface area contributed by atoms with Crippen molar-refractivity contribution in [3.05, 3.63) is 0 Å². The molecule has 3 saturated carbocycles. The molecule has 0 heterocycles. The Hall–Kier alpha value is -0.0800. The van der Waals surface area contributed by atoms with Crippen molar-refractivity contribution in [2.24, 2.45) is 35.1 Å². The van der Waals surface area contributed by atoms with E-state index in [0.29, 0.717) is 12.1 Å². The van der Waals surface area contributed by atoms with Gasteiger partial charge in [0.15, 0.2) is 0 Å². The van der Waals surface area contributed by atoms with E-state index in [0.717, 1.165) is 23.7 Å². The maximum Gasteiger partial charge on any atom is 0.00416 e. The maximum absolute atomic E-state index is 6.11. The van der Waals surface area contributed by atoms with E-state index in [9.17, 15) is 0 Å². The molecule has 0 aliphatic heterocycles. The second-order valence-corrected chi connectivity index (χ2v) is 6.66. The van der Waals surface area contributed by atoms with Crippen molar-refractivity contribution in [1.82, 2.24) is 0 Å². The Morgan fingerprint density at radius 2 is 0.938 bits per heavy atom. The first-order chi connectivity index (χ1) is 7.72. The van der Waals surface area contributed by atoms with Crippen molar-refractivity contribution in [3.63, 3.8) is 0 Å². The van der Waals surface area contributed by atoms with Crippen LogP contribution in [0.15, 0.2) is 0 Å². The summed E-state index contributed by atoms with van der Waals surface area (Å²) in [6.45, 7) is 0. The minimum Gasteiger partial charge on any atom is -0.328 e. The monoisotopic (exact) mass is 222 g/mol. The van der Waals surface area contributed by atoms with E-state index in [1.165, 1.54) is 51.4 Å². The molecule has 3 aliphatic rings. The molecule has 0 aromatic rings. The molecule has 6 atom stereocenters. The Morgan fingerprint density at radius 3 is 1.38 bits per heavy atom. The molecule has 16 heavy (non-hydrogen) atoms. The lowest BCUT2D eigenvalue weighted by atomic mass is 9.59. The summed E-state index contributed by atoms with van der Waals surface area (Å²) in [5.74, 6) is 3.90. The van der Waals surface area contributed by atoms with Crippen LogP contribution in [0.3, 0.4) is 0 Å². The highest BCUT2D eigenvalue weighted by Gasteiger charge is 2.41. The maximum atomic E-state index is 6.11. The van der Waals surface area contributed by atoms with Crippen LogP contribution in [0.2, 0.25) is 0 Å². The van der Waals surface area contributed by atoms with Gasteiger partial charge < -0.3 is 11.5 Å². The van der Waals surface area contributed by atoms with Gasteiger partial charge in [-0.1, -0.05) is 0 Å². The van der Waals surface area contributed by atoms with Gasteiger partial charge in [-0.3, -0.25) is 0 Å². The first-order valence-corrected chi connectivity index (χ1v) is 7.23. The van der Waals surface area contributed by atoms with Crippen molar-refractivity contribution < 1.29 is 0 Å². The summed E-state index contributed by atoms with van der Waals surface area (Å²) >= 11 is 0. The molecular weight excluding hydrogens is 196 g/mol. The lowest BCUT2D eigenvalue weighted by Gasteiger charge is -2.48. The van der Waals surface area contributed by atoms with Gasteiger partial charge in [-0.25, -0.2) is 0 Å². The number of rotatable bonds is 0. The first-order valence-electron chi connectivity index (χ1n) is 7.23. The predicted octanol–water partition coefficient (Wildman–Crippen LogP) is 2.27. The molecule has 3 aliphatic carbocycles. The van der Waals surface area contributed by atoms with Crippen LogP contribution >= 0.6 is 0 Å². The third kappa shape index (κ3) is 2.02. The summed E-state index contributed by atoms with van der Waals surface area (Å²) in [6, 6.07) is 1.01. The average molecular weight is 222 g/mol. The molecular formula is C14H26N2. The summed E-state index contributed by atoms with van der Waals surface area (Å²) in [5.41, 5.74) is 12.2. The number of fused-ring (bicyclic) bond motifs is 2. The zero-order chi connectivity index (χ0) is 11.1. The largest absolute Gasteiger partial charge is 0.328 e. The molecule has 0 saturated heterocycles. The third-order valence-corrected chi connectivity index (χ3v) is 5.57. The highest BCUT2D eigenvalue weighted by Crippen LogP contribution is 2.49. The summed E-state index contributed by atoms with van der Waals surface area (Å²) in [4.78, 5) is 0. The molecule has 92 valence electrons. The van der Waals surface area contributed by atoms with Gasteiger partial charge in [0.1, 0.15) is 0 Å². The summed E-state index contributed by atoms with van der Waals surface area (Å²) in [7, 11) is 0. The molecule has 2 nitrogen and oxygen atoms in total. The van der Waals surface area contributed by atoms with E-state index in [1.807, 2.05) is 0 Å². The molecule has 6 unspecified atom stereocenters. The van der Waals surface area contributed by atoms with Crippen LogP contribution < -0.4 is 11.5 Å². The summed E-state index contributed by atoms with van der Waals surface area (Å²) in [6.07, 6.45) is 10.9. The fourth-order valence-electron chi connectivity index (χ4n) is 4.70. The van der Waals surface area contributed by atoms with Crippen LogP contribution in [0, 0.1) is 23.7 Å². The van der Waals surface area contributed by atoms with E-state index >= 15 is 0 Å². The van der Waals surface area contributed by atoms with Crippen molar-refractivity contribution in [1.29, 1.82) is 0 Å². The van der Waals surface area contributed by atoms with Gasteiger partial charge in [0.25, 0.3) is 0 Å². The number of nitrogens with two attached hydrogens (primary N) is 2. The second-order valence-electron chi connectivity index (χ2n) is 6.66. The van der Waals surface area contributed by atoms with Gasteiger partial charge in [0, 0.05) is 12.1 Å². The Labute approximate surface area is 99.1 Å². The summed E-state index contributed by atoms with van der Waals surface area (Å²) in [5, 5.41) is 0. The molecule has 0 radical (unpaired) electrons. The molecule has 0 aromatic carbocycles. The molecule has 0 spiro atoms. The Balaban J connectivity index is 1.66. The minimum absolute atomic E-state index is 0.503. The standard InChI is InChI=1S/C14H26N2/c15-13-3-1-9-5-12-8-14(16)4-2-10(12)6-11(9)7-13/h9-14H,1-8,15-16H2. The Bertz CT molecular complexity index is 227. The molecule has 0 bridgehead atoms. The van der Waals surface area contributed by atoms with Crippen LogP contribution in [0.4, 0.5) is 0 Å². The lowest BCUT2D eigenvalue weighted by molar-refractivity contribution is 0.0414. The van der Waals surface area contributed by atoms with Crippen molar-refractivity contribution in [3.8, 4) is 0 Å². The first kappa shape index (κ1) is 11.0. The second kappa shape index (κ2) is 4.30. The van der Waals surface area contributed by atoms with Crippen LogP contribution in [0.25, 0.3) is 0 Å². The van der Waals surface area contributed by atoms with E-state index < -0.39 is 0 Å². The van der Waals surface area contributed by atoms with E-state index in [-0.39, 0.29) is 0 Å². The van der Waals surface area contributed by atoms with Gasteiger partial charge in [-0.15, -0.1) is 0 Å². The van der Waals surface area contributed by atoms with Gasteiger partial charge in [0.05, 0.1) is 0 Å². The smallest absolute Gasteiger partial charge is 0.00416 e. The molecule has 3 fully saturated rings. The van der Waals surface area contributed by atoms with E-state index in [1.54, 1.807) is 0 Å². The van der Waals surface area contributed by atoms with E-state index in [2.05, 4.69) is 0 Å². The fourth-order valence-corrected chi connectivity index (χ4v) is 4.70. The highest BCUT2D eigenvalue weighted by molar-refractivity contribution is 4.94. The summed E-state index contributed by atoms with van der Waals surface area (Å²) < 4.78 is 0. The highest BCUT2D eigenvalue weighted by atomic mass is 14.7. The number of hydrogen-bond acceptors (Lipinski definition) is 2. The van der Waals surface area contributed by atoms with Crippen molar-refractivity contribution in [2.75, 3.05) is 0 Å². The van der Waals surface area contributed by atoms with Gasteiger partial charge in [0.2, 0.25) is 0 Å². The van der Waals surface area contributed by atoms with Crippen LogP contribution in [0.1, 0.15) is 51.4 Å². The third-order valence-electron chi connectivity index (χ3n) is 5.57. The van der Waals surface area contributed by atoms with E-state index in [4.69, 9.17) is 11.5 Å². The van der Waals surface area contributed by atoms with Gasteiger partial charge in [-0.2, -0.15) is 0 Å². The lowest BCUT2D eigenvalue weighted by Crippen LogP contribution is -2.43. The Morgan fingerprint density at radius 1 is 0.500 bits per heavy atom. The van der Waals surface area contributed by atoms with Crippen LogP contribution in [-0.4, -0.2) is 12.1 Å². The normalized spacial score (nSPS) is 52.9. The fraction of sp³-hybridized carbons (Fsp3) is 1.00. The van der Waals surface area contributed by atoms with Crippen LogP contribution in [-0.2, 0) is 0 Å². The van der Waals surface area contributed by atoms with Crippen molar-refractivity contribution >= 4 is 0 Å². The average Bonchev–Trinajstić information content (AvgIpc) is 2.26. The minimum atomic E-state index is 0.503. The number of hydrogen-bond donors (Lipinski definition) is 2. The zero-order valence-electron chi connectivity index (χ0n) is 10.3. The molecule has 0 amide bonds. The molecule has 0 aromatic heterocycles. The van der Waals surface area contributed by atoms with Crippen LogP contribution in [0.5, 0.6) is 0 Å². The topological polar surface area (TPSA) is 52.0 Å².